The van der Waals surface area contributed by atoms with Crippen molar-refractivity contribution in [1.29, 1.82) is 0 Å². The van der Waals surface area contributed by atoms with Crippen LogP contribution in [0.4, 0.5) is 0 Å². The predicted octanol–water partition coefficient (Wildman–Crippen LogP) is 25.9. The number of benzene rings is 16. The maximum Gasteiger partial charge on any atom is 0.164 e. The highest BCUT2D eigenvalue weighted by atomic mass is 15.0. The molecule has 0 fully saturated rings. The normalized spacial score (nSPS) is 11.2. The first kappa shape index (κ1) is 68.4. The van der Waals surface area contributed by atoms with E-state index in [1.165, 1.54) is 55.3 Å². The van der Waals surface area contributed by atoms with Crippen LogP contribution in [-0.4, -0.2) is 29.9 Å². The fourth-order valence-corrected chi connectivity index (χ4v) is 14.3. The number of nitrogens with zero attached hydrogens (tertiary/aromatic N) is 6. The lowest BCUT2D eigenvalue weighted by molar-refractivity contribution is 1.07. The Hall–Kier alpha value is -14.7. The molecule has 0 spiro atoms. The molecular formula is C104H72N6. The van der Waals surface area contributed by atoms with Gasteiger partial charge in [-0.15, -0.1) is 0 Å². The number of aromatic nitrogens is 6. The maximum atomic E-state index is 5.06. The molecule has 6 heteroatoms. The number of rotatable bonds is 17. The van der Waals surface area contributed by atoms with E-state index in [-0.39, 0.29) is 0 Å². The molecule has 2 heterocycles. The summed E-state index contributed by atoms with van der Waals surface area (Å²) in [6.07, 6.45) is 0. The summed E-state index contributed by atoms with van der Waals surface area (Å²) >= 11 is 0. The van der Waals surface area contributed by atoms with Crippen LogP contribution in [0.5, 0.6) is 0 Å². The van der Waals surface area contributed by atoms with Crippen LogP contribution in [0.3, 0.4) is 0 Å². The molecule has 0 saturated carbocycles. The first-order chi connectivity index (χ1) is 54.5. The molecule has 0 saturated heterocycles. The minimum absolute atomic E-state index is 0.629. The van der Waals surface area contributed by atoms with Crippen molar-refractivity contribution in [2.45, 2.75) is 0 Å². The number of fused-ring (bicyclic) bond motifs is 1. The molecule has 0 aliphatic heterocycles. The van der Waals surface area contributed by atoms with Crippen molar-refractivity contribution in [2.24, 2.45) is 0 Å². The molecule has 0 N–H and O–H groups in total. The number of hydrogen-bond donors (Lipinski definition) is 0. The molecular weight excluding hydrogens is 1330 g/mol. The fraction of sp³-hybridized carbons (Fsp3) is 0. The Morgan fingerprint density at radius 1 is 0.118 bits per heavy atom. The summed E-state index contributed by atoms with van der Waals surface area (Å²) in [7, 11) is 0. The van der Waals surface area contributed by atoms with Gasteiger partial charge >= 0.3 is 0 Å². The van der Waals surface area contributed by atoms with Gasteiger partial charge in [-0.3, -0.25) is 0 Å². The minimum Gasteiger partial charge on any atom is -0.208 e. The van der Waals surface area contributed by atoms with Crippen LogP contribution >= 0.6 is 0 Å². The fourth-order valence-electron chi connectivity index (χ4n) is 14.3. The molecule has 0 radical (unpaired) electrons. The second kappa shape index (κ2) is 32.3. The first-order valence-electron chi connectivity index (χ1n) is 37.1. The van der Waals surface area contributed by atoms with Crippen LogP contribution in [0.25, 0.3) is 135 Å². The summed E-state index contributed by atoms with van der Waals surface area (Å²) in [5.41, 5.74) is 26.4. The zero-order chi connectivity index (χ0) is 73.6. The zero-order valence-electron chi connectivity index (χ0n) is 60.3. The molecule has 2 aromatic heterocycles. The van der Waals surface area contributed by atoms with Crippen molar-refractivity contribution in [1.82, 2.24) is 29.9 Å². The molecule has 0 atom stereocenters. The molecule has 110 heavy (non-hydrogen) atoms. The third kappa shape index (κ3) is 15.4. The lowest BCUT2D eigenvalue weighted by Crippen LogP contribution is -2.00. The summed E-state index contributed by atoms with van der Waals surface area (Å²) in [4.78, 5) is 29.8. The number of hydrogen-bond acceptors (Lipinski definition) is 6. The quantitative estimate of drug-likeness (QED) is 0.0846. The van der Waals surface area contributed by atoms with Crippen molar-refractivity contribution in [3.63, 3.8) is 0 Å². The lowest BCUT2D eigenvalue weighted by atomic mass is 9.84. The Morgan fingerprint density at radius 2 is 0.327 bits per heavy atom. The molecule has 18 aromatic rings. The molecule has 6 nitrogen and oxygen atoms in total. The second-order valence-corrected chi connectivity index (χ2v) is 26.9. The molecule has 0 unspecified atom stereocenters. The summed E-state index contributed by atoms with van der Waals surface area (Å²) in [6, 6.07) is 153. The molecule has 16 aromatic carbocycles. The van der Waals surface area contributed by atoms with Crippen molar-refractivity contribution in [3.05, 3.63) is 481 Å². The van der Waals surface area contributed by atoms with Crippen molar-refractivity contribution in [2.75, 3.05) is 0 Å². The predicted molar refractivity (Wildman–Crippen MR) is 455 cm³/mol. The largest absolute Gasteiger partial charge is 0.208 e. The van der Waals surface area contributed by atoms with Gasteiger partial charge in [-0.2, -0.15) is 0 Å². The van der Waals surface area contributed by atoms with Gasteiger partial charge in [-0.05, 0) is 135 Å². The molecule has 0 aliphatic carbocycles. The van der Waals surface area contributed by atoms with Crippen LogP contribution in [0.2, 0.25) is 0 Å². The molecule has 18 rings (SSSR count). The third-order valence-corrected chi connectivity index (χ3v) is 19.7. The highest BCUT2D eigenvalue weighted by Gasteiger charge is 2.21. The Bertz CT molecular complexity index is 6140. The average molecular weight is 1410 g/mol. The van der Waals surface area contributed by atoms with E-state index in [9.17, 15) is 0 Å². The summed E-state index contributed by atoms with van der Waals surface area (Å²) in [5.74, 6) is 3.84. The average Bonchev–Trinajstić information content (AvgIpc) is 0.778. The van der Waals surface area contributed by atoms with Gasteiger partial charge < -0.3 is 0 Å². The van der Waals surface area contributed by atoms with Gasteiger partial charge in [-0.1, -0.05) is 413 Å². The van der Waals surface area contributed by atoms with E-state index in [4.69, 9.17) is 29.9 Å². The summed E-state index contributed by atoms with van der Waals surface area (Å²) in [6.45, 7) is 0. The molecule has 0 amide bonds. The van der Waals surface area contributed by atoms with E-state index in [2.05, 4.69) is 340 Å². The van der Waals surface area contributed by atoms with E-state index < -0.39 is 0 Å². The van der Waals surface area contributed by atoms with Crippen molar-refractivity contribution >= 4 is 33.1 Å². The Balaban J connectivity index is 0.000000160. The Labute approximate surface area is 641 Å². The van der Waals surface area contributed by atoms with Crippen molar-refractivity contribution in [3.8, 4) is 102 Å². The third-order valence-electron chi connectivity index (χ3n) is 19.7. The maximum absolute atomic E-state index is 5.06. The highest BCUT2D eigenvalue weighted by Crippen LogP contribution is 2.42. The first-order valence-corrected chi connectivity index (χ1v) is 37.1. The van der Waals surface area contributed by atoms with Gasteiger partial charge in [0.05, 0.1) is 0 Å². The Kier molecular flexibility index (Phi) is 20.1. The van der Waals surface area contributed by atoms with E-state index >= 15 is 0 Å². The van der Waals surface area contributed by atoms with E-state index in [0.29, 0.717) is 34.9 Å². The van der Waals surface area contributed by atoms with Crippen molar-refractivity contribution < 1.29 is 0 Å². The van der Waals surface area contributed by atoms with E-state index in [0.717, 1.165) is 89.0 Å². The summed E-state index contributed by atoms with van der Waals surface area (Å²) in [5, 5.41) is 2.44. The SMILES string of the molecule is c1ccc(/C(=C(\c2ccccc2)c2ccc3ccccc3c2)c2cccc(-c3ccc(-c4nc(-c5ccccc5)nc(-c5ccccc5)n4)cc3)c2)cc1.c1ccc(C(=C(c2ccccc2)c2cccc(-c3ccc(-c4nc(-c5ccccc5)nc(-c5cccc(-c6ccccc6)c5)n4)cc3)c2)c2ccccc2)cc1. The van der Waals surface area contributed by atoms with Gasteiger partial charge in [0.2, 0.25) is 0 Å². The highest BCUT2D eigenvalue weighted by molar-refractivity contribution is 6.07. The second-order valence-electron chi connectivity index (χ2n) is 26.9. The van der Waals surface area contributed by atoms with E-state index in [1.807, 2.05) is 97.1 Å². The monoisotopic (exact) mass is 1400 g/mol. The van der Waals surface area contributed by atoms with Crippen LogP contribution < -0.4 is 0 Å². The molecule has 0 aliphatic rings. The molecule has 0 bridgehead atoms. The standard InChI is InChI=1S/C53H37N3.C51H35N3/c1-6-18-38(19-7-1)46-29-17-31-48(37-46)53-55-51(43-26-14-5-15-27-43)54-52(56-53)44-34-32-39(33-35-44)45-28-16-30-47(36-45)50(42-24-12-4-13-25-42)49(40-20-8-2-9-21-40)41-22-10-3-11-23-41;1-5-17-38(18-6-1)47(48(39-19-7-2-8-20-39)46-33-30-36-16-13-14-25-43(36)35-46)45-27-15-26-44(34-45)37-28-31-42(32-29-37)51-53-49(40-21-9-3-10-22-40)52-50(54-51)41-23-11-4-12-24-41/h1-37H;1-35H/b;48-47-. The smallest absolute Gasteiger partial charge is 0.164 e. The van der Waals surface area contributed by atoms with E-state index in [1.54, 1.807) is 0 Å². The molecule has 518 valence electrons. The van der Waals surface area contributed by atoms with Crippen LogP contribution in [-0.2, 0) is 0 Å². The van der Waals surface area contributed by atoms with Gasteiger partial charge in [0.25, 0.3) is 0 Å². The van der Waals surface area contributed by atoms with Gasteiger partial charge in [0, 0.05) is 33.4 Å². The van der Waals surface area contributed by atoms with Crippen LogP contribution in [0.1, 0.15) is 44.5 Å². The van der Waals surface area contributed by atoms with Gasteiger partial charge in [-0.25, -0.2) is 29.9 Å². The van der Waals surface area contributed by atoms with Gasteiger partial charge in [0.15, 0.2) is 34.9 Å². The minimum atomic E-state index is 0.629. The Morgan fingerprint density at radius 3 is 0.673 bits per heavy atom. The summed E-state index contributed by atoms with van der Waals surface area (Å²) < 4.78 is 0. The van der Waals surface area contributed by atoms with Crippen LogP contribution in [0, 0.1) is 0 Å². The van der Waals surface area contributed by atoms with Gasteiger partial charge in [0.1, 0.15) is 0 Å². The zero-order valence-corrected chi connectivity index (χ0v) is 60.3. The topological polar surface area (TPSA) is 77.3 Å². The van der Waals surface area contributed by atoms with Crippen LogP contribution in [0.15, 0.2) is 437 Å². The lowest BCUT2D eigenvalue weighted by Gasteiger charge is -2.19.